The van der Waals surface area contributed by atoms with E-state index >= 15 is 0 Å². The van der Waals surface area contributed by atoms with Gasteiger partial charge in [-0.25, -0.2) is 0 Å². The molecule has 0 amide bonds. The fourth-order valence-electron chi connectivity index (χ4n) is 3.23. The molecule has 1 N–H and O–H groups in total. The molecule has 0 fully saturated rings. The van der Waals surface area contributed by atoms with Crippen molar-refractivity contribution in [2.45, 2.75) is 31.4 Å². The zero-order valence-corrected chi connectivity index (χ0v) is 17.3. The zero-order chi connectivity index (χ0) is 24.1. The fraction of sp³-hybridized carbons (Fsp3) is 0.250. The molecule has 33 heavy (non-hydrogen) atoms. The van der Waals surface area contributed by atoms with Crippen molar-refractivity contribution in [1.82, 2.24) is 0 Å². The molecule has 0 bridgehead atoms. The average Bonchev–Trinajstić information content (AvgIpc) is 2.72. The van der Waals surface area contributed by atoms with E-state index in [-0.39, 0.29) is 12.1 Å². The highest BCUT2D eigenvalue weighted by Crippen LogP contribution is 2.29. The van der Waals surface area contributed by atoms with Crippen LogP contribution in [0.3, 0.4) is 0 Å². The van der Waals surface area contributed by atoms with Crippen LogP contribution >= 0.6 is 0 Å². The summed E-state index contributed by atoms with van der Waals surface area (Å²) >= 11 is 0. The molecule has 0 radical (unpaired) electrons. The summed E-state index contributed by atoms with van der Waals surface area (Å²) in [5.41, 5.74) is 0.686. The molecule has 0 aliphatic heterocycles. The van der Waals surface area contributed by atoms with Gasteiger partial charge in [-0.1, -0.05) is 48.5 Å². The number of hydrogen-bond donors (Lipinski definition) is 1. The molecule has 0 aliphatic rings. The molecule has 0 saturated heterocycles. The van der Waals surface area contributed by atoms with E-state index in [4.69, 9.17) is 4.74 Å². The summed E-state index contributed by atoms with van der Waals surface area (Å²) in [4.78, 5) is 1.25. The Morgan fingerprint density at radius 2 is 1.39 bits per heavy atom. The van der Waals surface area contributed by atoms with Gasteiger partial charge in [0.25, 0.3) is 0 Å². The van der Waals surface area contributed by atoms with E-state index in [1.54, 1.807) is 48.5 Å². The Morgan fingerprint density at radius 3 is 2.06 bits per heavy atom. The van der Waals surface area contributed by atoms with Gasteiger partial charge in [0.05, 0.1) is 13.0 Å². The lowest BCUT2D eigenvalue weighted by Gasteiger charge is -2.29. The summed E-state index contributed by atoms with van der Waals surface area (Å²) in [6.45, 7) is -0.949. The van der Waals surface area contributed by atoms with E-state index in [9.17, 15) is 31.4 Å². The van der Waals surface area contributed by atoms with Gasteiger partial charge >= 0.3 is 12.4 Å². The van der Waals surface area contributed by atoms with Gasteiger partial charge in [-0.15, -0.1) is 0 Å². The first kappa shape index (κ1) is 24.4. The highest BCUT2D eigenvalue weighted by molar-refractivity contribution is 5.52. The Hall–Kier alpha value is -3.20. The molecule has 0 aromatic heterocycles. The number of ether oxygens (including phenoxy) is 1. The van der Waals surface area contributed by atoms with Crippen molar-refractivity contribution in [2.75, 3.05) is 11.4 Å². The highest BCUT2D eigenvalue weighted by atomic mass is 19.4. The van der Waals surface area contributed by atoms with Gasteiger partial charge in [0.15, 0.2) is 6.10 Å². The lowest BCUT2D eigenvalue weighted by molar-refractivity contribution is -0.200. The van der Waals surface area contributed by atoms with Crippen molar-refractivity contribution >= 4 is 5.69 Å². The van der Waals surface area contributed by atoms with Crippen molar-refractivity contribution < 1.29 is 36.2 Å². The van der Waals surface area contributed by atoms with Crippen LogP contribution in [0.1, 0.15) is 11.1 Å². The van der Waals surface area contributed by atoms with E-state index < -0.39 is 31.4 Å². The van der Waals surface area contributed by atoms with Gasteiger partial charge in [-0.3, -0.25) is 0 Å². The molecule has 0 unspecified atom stereocenters. The number of hydrogen-bond acceptors (Lipinski definition) is 3. The van der Waals surface area contributed by atoms with E-state index in [1.165, 1.54) is 35.2 Å². The summed E-state index contributed by atoms with van der Waals surface area (Å²) < 4.78 is 83.1. The molecule has 0 heterocycles. The van der Waals surface area contributed by atoms with Crippen LogP contribution in [0.25, 0.3) is 0 Å². The zero-order valence-electron chi connectivity index (χ0n) is 17.3. The van der Waals surface area contributed by atoms with Gasteiger partial charge < -0.3 is 14.7 Å². The summed E-state index contributed by atoms with van der Waals surface area (Å²) in [5.74, 6) is 0.882. The number of aliphatic hydroxyl groups excluding tert-OH is 1. The molecule has 3 aromatic carbocycles. The lowest BCUT2D eigenvalue weighted by atomic mass is 10.1. The Labute approximate surface area is 186 Å². The third-order valence-corrected chi connectivity index (χ3v) is 4.70. The lowest BCUT2D eigenvalue weighted by Crippen LogP contribution is -2.40. The second-order valence-corrected chi connectivity index (χ2v) is 7.46. The quantitative estimate of drug-likeness (QED) is 0.382. The number of rotatable bonds is 8. The van der Waals surface area contributed by atoms with Crippen LogP contribution in [0.4, 0.5) is 32.0 Å². The Bertz CT molecular complexity index is 1040. The van der Waals surface area contributed by atoms with Gasteiger partial charge in [-0.05, 0) is 35.4 Å². The summed E-state index contributed by atoms with van der Waals surface area (Å²) in [7, 11) is 0. The summed E-state index contributed by atoms with van der Waals surface area (Å²) in [6, 6.07) is 20.6. The Morgan fingerprint density at radius 1 is 0.758 bits per heavy atom. The molecule has 1 atom stereocenters. The van der Waals surface area contributed by atoms with Crippen LogP contribution in [0.2, 0.25) is 0 Å². The van der Waals surface area contributed by atoms with Crippen LogP contribution in [0.5, 0.6) is 11.5 Å². The predicted octanol–water partition coefficient (Wildman–Crippen LogP) is 6.51. The first-order valence-electron chi connectivity index (χ1n) is 9.97. The van der Waals surface area contributed by atoms with Gasteiger partial charge in [-0.2, -0.15) is 26.3 Å². The second kappa shape index (κ2) is 10.2. The molecular weight excluding hydrogens is 448 g/mol. The molecule has 9 heteroatoms. The minimum Gasteiger partial charge on any atom is -0.457 e. The number of nitrogens with zero attached hydrogens (tertiary/aromatic N) is 1. The maximum atomic E-state index is 13.1. The van der Waals surface area contributed by atoms with E-state index in [0.717, 1.165) is 0 Å². The van der Waals surface area contributed by atoms with Gasteiger partial charge in [0.1, 0.15) is 11.5 Å². The normalized spacial score (nSPS) is 12.9. The minimum atomic E-state index is -4.85. The van der Waals surface area contributed by atoms with Crippen molar-refractivity contribution in [1.29, 1.82) is 0 Å². The Balaban J connectivity index is 1.87. The fourth-order valence-corrected chi connectivity index (χ4v) is 3.23. The second-order valence-electron chi connectivity index (χ2n) is 7.46. The van der Waals surface area contributed by atoms with Crippen molar-refractivity contribution in [3.05, 3.63) is 90.0 Å². The highest BCUT2D eigenvalue weighted by Gasteiger charge is 2.39. The number of benzene rings is 3. The molecule has 3 rings (SSSR count). The monoisotopic (exact) mass is 469 g/mol. The van der Waals surface area contributed by atoms with E-state index in [0.29, 0.717) is 22.7 Å². The third kappa shape index (κ3) is 7.71. The van der Waals surface area contributed by atoms with Crippen LogP contribution in [0.15, 0.2) is 78.9 Å². The molecule has 176 valence electrons. The topological polar surface area (TPSA) is 32.7 Å². The molecule has 0 spiro atoms. The van der Waals surface area contributed by atoms with E-state index in [1.807, 2.05) is 0 Å². The van der Waals surface area contributed by atoms with Crippen LogP contribution in [0, 0.1) is 0 Å². The number of halogens is 6. The van der Waals surface area contributed by atoms with Gasteiger partial charge in [0.2, 0.25) is 0 Å². The largest absolute Gasteiger partial charge is 0.457 e. The Kier molecular flexibility index (Phi) is 7.53. The van der Waals surface area contributed by atoms with Crippen LogP contribution in [-0.4, -0.2) is 30.1 Å². The van der Waals surface area contributed by atoms with Crippen molar-refractivity contribution in [3.8, 4) is 11.5 Å². The predicted molar refractivity (Wildman–Crippen MR) is 112 cm³/mol. The molecule has 3 aromatic rings. The van der Waals surface area contributed by atoms with Crippen LogP contribution < -0.4 is 9.64 Å². The van der Waals surface area contributed by atoms with Crippen LogP contribution in [-0.2, 0) is 13.0 Å². The number of alkyl halides is 6. The maximum absolute atomic E-state index is 13.1. The standard InChI is InChI=1S/C24H21F6NO2/c25-23(26,27)14-17-6-4-7-18(12-17)15-31(16-22(32)24(28,29)30)19-8-5-11-21(13-19)33-20-9-2-1-3-10-20/h1-13,22,32H,14-16H2/t22-/m1/s1. The molecule has 0 saturated carbocycles. The smallest absolute Gasteiger partial charge is 0.416 e. The number of para-hydroxylation sites is 1. The van der Waals surface area contributed by atoms with Crippen molar-refractivity contribution in [3.63, 3.8) is 0 Å². The minimum absolute atomic E-state index is 0.00233. The van der Waals surface area contributed by atoms with Crippen molar-refractivity contribution in [2.24, 2.45) is 0 Å². The number of anilines is 1. The number of aliphatic hydroxyl groups is 1. The first-order valence-corrected chi connectivity index (χ1v) is 9.97. The first-order chi connectivity index (χ1) is 15.5. The summed E-state index contributed by atoms with van der Waals surface area (Å²) in [5, 5.41) is 9.66. The average molecular weight is 469 g/mol. The SMILES string of the molecule is O[C@H](CN(Cc1cccc(CC(F)(F)F)c1)c1cccc(Oc2ccccc2)c1)C(F)(F)F. The maximum Gasteiger partial charge on any atom is 0.416 e. The third-order valence-electron chi connectivity index (χ3n) is 4.70. The molecule has 0 aliphatic carbocycles. The van der Waals surface area contributed by atoms with E-state index in [2.05, 4.69) is 0 Å². The summed E-state index contributed by atoms with van der Waals surface area (Å²) in [6.07, 6.45) is -13.1. The molecule has 3 nitrogen and oxygen atoms in total. The molecular formula is C24H21F6NO2. The van der Waals surface area contributed by atoms with Gasteiger partial charge in [0, 0.05) is 18.3 Å².